The van der Waals surface area contributed by atoms with E-state index in [1.807, 2.05) is 12.1 Å². The summed E-state index contributed by atoms with van der Waals surface area (Å²) in [5, 5.41) is 21.2. The number of aliphatic hydroxyl groups excluding tert-OH is 1. The highest BCUT2D eigenvalue weighted by molar-refractivity contribution is 5.96. The van der Waals surface area contributed by atoms with Crippen LogP contribution < -0.4 is 5.73 Å². The molecule has 6 heteroatoms. The topological polar surface area (TPSA) is 95.0 Å². The lowest BCUT2D eigenvalue weighted by molar-refractivity contribution is 0.0840. The molecule has 104 valence electrons. The van der Waals surface area contributed by atoms with Gasteiger partial charge < -0.3 is 16.0 Å². The van der Waals surface area contributed by atoms with E-state index in [0.717, 1.165) is 31.4 Å². The van der Waals surface area contributed by atoms with E-state index >= 15 is 0 Å². The quantitative estimate of drug-likeness (QED) is 0.319. The smallest absolute Gasteiger partial charge is 0.189 e. The van der Waals surface area contributed by atoms with Gasteiger partial charge in [-0.2, -0.15) is 0 Å². The highest BCUT2D eigenvalue weighted by atomic mass is 16.4. The van der Waals surface area contributed by atoms with Gasteiger partial charge in [0.05, 0.1) is 6.61 Å². The standard InChI is InChI=1S/C13H20N4O2/c14-13(16-19)12-10(4-3-6-15-12)8-17-7-2-1-5-11(17)9-18/h3-4,6,11,18-19H,1-2,5,7-9H2,(H2,14,16). The number of amidine groups is 1. The van der Waals surface area contributed by atoms with Crippen LogP contribution in [0.25, 0.3) is 0 Å². The average Bonchev–Trinajstić information content (AvgIpc) is 2.47. The molecule has 0 radical (unpaired) electrons. The maximum absolute atomic E-state index is 9.42. The summed E-state index contributed by atoms with van der Waals surface area (Å²) in [6.07, 6.45) is 4.92. The molecule has 0 aliphatic carbocycles. The van der Waals surface area contributed by atoms with E-state index in [4.69, 9.17) is 10.9 Å². The number of hydrogen-bond acceptors (Lipinski definition) is 5. The summed E-state index contributed by atoms with van der Waals surface area (Å²) in [5.41, 5.74) is 7.06. The van der Waals surface area contributed by atoms with Crippen LogP contribution in [0.3, 0.4) is 0 Å². The first-order chi connectivity index (χ1) is 9.26. The van der Waals surface area contributed by atoms with Crippen LogP contribution in [0.2, 0.25) is 0 Å². The fourth-order valence-corrected chi connectivity index (χ4v) is 2.54. The van der Waals surface area contributed by atoms with Gasteiger partial charge in [0.1, 0.15) is 5.69 Å². The molecule has 1 aliphatic rings. The maximum atomic E-state index is 9.42. The molecule has 1 fully saturated rings. The summed E-state index contributed by atoms with van der Waals surface area (Å²) in [7, 11) is 0. The molecule has 1 saturated heterocycles. The first-order valence-electron chi connectivity index (χ1n) is 6.53. The van der Waals surface area contributed by atoms with Gasteiger partial charge in [0.15, 0.2) is 5.84 Å². The third kappa shape index (κ3) is 3.21. The molecule has 2 heterocycles. The minimum atomic E-state index is 0.0214. The lowest BCUT2D eigenvalue weighted by Crippen LogP contribution is -2.41. The highest BCUT2D eigenvalue weighted by Gasteiger charge is 2.23. The molecule has 4 N–H and O–H groups in total. The van der Waals surface area contributed by atoms with Crippen LogP contribution in [-0.4, -0.2) is 45.2 Å². The second-order valence-electron chi connectivity index (χ2n) is 4.80. The van der Waals surface area contributed by atoms with E-state index in [2.05, 4.69) is 15.0 Å². The van der Waals surface area contributed by atoms with Crippen molar-refractivity contribution < 1.29 is 10.3 Å². The van der Waals surface area contributed by atoms with Crippen molar-refractivity contribution in [2.45, 2.75) is 31.8 Å². The number of piperidine rings is 1. The summed E-state index contributed by atoms with van der Waals surface area (Å²) in [4.78, 5) is 6.39. The van der Waals surface area contributed by atoms with Crippen molar-refractivity contribution in [3.05, 3.63) is 29.6 Å². The van der Waals surface area contributed by atoms with E-state index < -0.39 is 0 Å². The first-order valence-corrected chi connectivity index (χ1v) is 6.53. The Morgan fingerprint density at radius 1 is 1.53 bits per heavy atom. The van der Waals surface area contributed by atoms with Crippen molar-refractivity contribution in [3.63, 3.8) is 0 Å². The minimum absolute atomic E-state index is 0.0214. The van der Waals surface area contributed by atoms with Crippen LogP contribution in [0, 0.1) is 0 Å². The van der Waals surface area contributed by atoms with Crippen molar-refractivity contribution in [3.8, 4) is 0 Å². The van der Waals surface area contributed by atoms with E-state index in [0.29, 0.717) is 12.2 Å². The van der Waals surface area contributed by atoms with Crippen LogP contribution in [0.15, 0.2) is 23.5 Å². The molecule has 19 heavy (non-hydrogen) atoms. The molecule has 0 amide bonds. The largest absolute Gasteiger partial charge is 0.409 e. The zero-order chi connectivity index (χ0) is 13.7. The van der Waals surface area contributed by atoms with E-state index in [1.165, 1.54) is 0 Å². The average molecular weight is 264 g/mol. The fraction of sp³-hybridized carbons (Fsp3) is 0.538. The van der Waals surface area contributed by atoms with Gasteiger partial charge in [-0.05, 0) is 31.0 Å². The van der Waals surface area contributed by atoms with Gasteiger partial charge in [0.25, 0.3) is 0 Å². The lowest BCUT2D eigenvalue weighted by Gasteiger charge is -2.34. The van der Waals surface area contributed by atoms with Crippen LogP contribution in [0.4, 0.5) is 0 Å². The van der Waals surface area contributed by atoms with Gasteiger partial charge in [0.2, 0.25) is 0 Å². The Morgan fingerprint density at radius 2 is 2.37 bits per heavy atom. The molecule has 0 saturated carbocycles. The maximum Gasteiger partial charge on any atom is 0.189 e. The molecule has 1 unspecified atom stereocenters. The number of aromatic nitrogens is 1. The lowest BCUT2D eigenvalue weighted by atomic mass is 10.0. The Balaban J connectivity index is 2.18. The monoisotopic (exact) mass is 264 g/mol. The summed E-state index contributed by atoms with van der Waals surface area (Å²) in [6.45, 7) is 1.78. The summed E-state index contributed by atoms with van der Waals surface area (Å²) in [6, 6.07) is 3.94. The van der Waals surface area contributed by atoms with Crippen molar-refractivity contribution in [1.29, 1.82) is 0 Å². The van der Waals surface area contributed by atoms with Crippen molar-refractivity contribution in [2.24, 2.45) is 10.9 Å². The summed E-state index contributed by atoms with van der Waals surface area (Å²) < 4.78 is 0. The number of oxime groups is 1. The molecule has 0 aromatic carbocycles. The second-order valence-corrected chi connectivity index (χ2v) is 4.80. The van der Waals surface area contributed by atoms with Crippen molar-refractivity contribution in [2.75, 3.05) is 13.2 Å². The van der Waals surface area contributed by atoms with E-state index in [1.54, 1.807) is 6.20 Å². The van der Waals surface area contributed by atoms with Crippen LogP contribution in [-0.2, 0) is 6.54 Å². The Bertz CT molecular complexity index is 450. The number of nitrogens with zero attached hydrogens (tertiary/aromatic N) is 3. The number of pyridine rings is 1. The Labute approximate surface area is 112 Å². The van der Waals surface area contributed by atoms with Crippen molar-refractivity contribution >= 4 is 5.84 Å². The number of rotatable bonds is 4. The Kier molecular flexibility index (Phi) is 4.70. The zero-order valence-electron chi connectivity index (χ0n) is 10.9. The minimum Gasteiger partial charge on any atom is -0.409 e. The number of aliphatic hydroxyl groups is 1. The first kappa shape index (κ1) is 13.8. The third-order valence-corrected chi connectivity index (χ3v) is 3.57. The molecule has 1 aromatic heterocycles. The molecule has 6 nitrogen and oxygen atoms in total. The molecule has 1 aromatic rings. The Morgan fingerprint density at radius 3 is 3.11 bits per heavy atom. The predicted molar refractivity (Wildman–Crippen MR) is 71.9 cm³/mol. The highest BCUT2D eigenvalue weighted by Crippen LogP contribution is 2.20. The normalized spacial score (nSPS) is 21.5. The van der Waals surface area contributed by atoms with Crippen LogP contribution >= 0.6 is 0 Å². The second kappa shape index (κ2) is 6.49. The molecular formula is C13H20N4O2. The summed E-state index contributed by atoms with van der Waals surface area (Å²) >= 11 is 0. The number of hydrogen-bond donors (Lipinski definition) is 3. The van der Waals surface area contributed by atoms with Gasteiger partial charge in [-0.3, -0.25) is 9.88 Å². The Hall–Kier alpha value is -1.66. The third-order valence-electron chi connectivity index (χ3n) is 3.57. The van der Waals surface area contributed by atoms with E-state index in [-0.39, 0.29) is 18.5 Å². The van der Waals surface area contributed by atoms with Crippen LogP contribution in [0.1, 0.15) is 30.5 Å². The predicted octanol–water partition coefficient (Wildman–Crippen LogP) is 0.523. The van der Waals surface area contributed by atoms with Crippen LogP contribution in [0.5, 0.6) is 0 Å². The van der Waals surface area contributed by atoms with Crippen molar-refractivity contribution in [1.82, 2.24) is 9.88 Å². The van der Waals surface area contributed by atoms with Gasteiger partial charge in [-0.1, -0.05) is 17.6 Å². The van der Waals surface area contributed by atoms with Gasteiger partial charge in [-0.15, -0.1) is 0 Å². The SMILES string of the molecule is NC(=NO)c1ncccc1CN1CCCCC1CO. The number of likely N-dealkylation sites (tertiary alicyclic amines) is 1. The summed E-state index contributed by atoms with van der Waals surface area (Å²) in [5.74, 6) is 0.0214. The van der Waals surface area contributed by atoms with Gasteiger partial charge >= 0.3 is 0 Å². The fourth-order valence-electron chi connectivity index (χ4n) is 2.54. The molecule has 0 bridgehead atoms. The molecule has 2 rings (SSSR count). The molecular weight excluding hydrogens is 244 g/mol. The molecule has 0 spiro atoms. The van der Waals surface area contributed by atoms with Gasteiger partial charge in [-0.25, -0.2) is 0 Å². The molecule has 1 aliphatic heterocycles. The van der Waals surface area contributed by atoms with Gasteiger partial charge in [0, 0.05) is 18.8 Å². The molecule has 1 atom stereocenters. The van der Waals surface area contributed by atoms with E-state index in [9.17, 15) is 5.11 Å². The zero-order valence-corrected chi connectivity index (χ0v) is 10.9. The number of nitrogens with two attached hydrogens (primary N) is 1.